The number of fused-ring (bicyclic) bond motifs is 1. The van der Waals surface area contributed by atoms with Gasteiger partial charge in [-0.25, -0.2) is 0 Å². The first-order valence-electron chi connectivity index (χ1n) is 8.06. The second-order valence-corrected chi connectivity index (χ2v) is 6.71. The largest absolute Gasteiger partial charge is 0.336 e. The highest BCUT2D eigenvalue weighted by molar-refractivity contribution is 8.03. The van der Waals surface area contributed by atoms with Crippen LogP contribution in [0.3, 0.4) is 0 Å². The molecule has 0 N–H and O–H groups in total. The highest BCUT2D eigenvalue weighted by atomic mass is 32.2. The van der Waals surface area contributed by atoms with Gasteiger partial charge in [0.2, 0.25) is 0 Å². The Kier molecular flexibility index (Phi) is 6.52. The smallest absolute Gasteiger partial charge is 0.0728 e. The molecule has 0 saturated carbocycles. The monoisotopic (exact) mass is 289 g/mol. The molecule has 0 unspecified atom stereocenters. The maximum absolute atomic E-state index is 4.19. The van der Waals surface area contributed by atoms with Gasteiger partial charge in [0.25, 0.3) is 0 Å². The van der Waals surface area contributed by atoms with Crippen LogP contribution in [-0.4, -0.2) is 6.54 Å². The molecule has 0 radical (unpaired) electrons. The normalized spacial score (nSPS) is 13.8. The van der Waals surface area contributed by atoms with Gasteiger partial charge in [0.05, 0.1) is 10.7 Å². The van der Waals surface area contributed by atoms with Crippen molar-refractivity contribution >= 4 is 17.4 Å². The minimum absolute atomic E-state index is 1.12. The Bertz CT molecular complexity index is 427. The zero-order chi connectivity index (χ0) is 14.2. The molecule has 0 aliphatic carbocycles. The predicted octanol–water partition coefficient (Wildman–Crippen LogP) is 6.21. The number of rotatable bonds is 9. The minimum atomic E-state index is 1.12. The van der Waals surface area contributed by atoms with Crippen LogP contribution >= 0.6 is 11.8 Å². The number of benzene rings is 1. The molecule has 2 heteroatoms. The summed E-state index contributed by atoms with van der Waals surface area (Å²) in [6, 6.07) is 8.64. The van der Waals surface area contributed by atoms with Gasteiger partial charge >= 0.3 is 0 Å². The molecule has 0 fully saturated rings. The maximum atomic E-state index is 4.19. The topological polar surface area (TPSA) is 3.24 Å². The van der Waals surface area contributed by atoms with Crippen molar-refractivity contribution in [2.24, 2.45) is 0 Å². The van der Waals surface area contributed by atoms with Gasteiger partial charge in [0.1, 0.15) is 0 Å². The van der Waals surface area contributed by atoms with Gasteiger partial charge in [0.15, 0.2) is 0 Å². The van der Waals surface area contributed by atoms with Gasteiger partial charge in [-0.05, 0) is 18.6 Å². The highest BCUT2D eigenvalue weighted by Gasteiger charge is 2.22. The fourth-order valence-electron chi connectivity index (χ4n) is 2.73. The molecule has 1 heterocycles. The molecule has 1 aromatic carbocycles. The van der Waals surface area contributed by atoms with Crippen LogP contribution in [0.5, 0.6) is 0 Å². The van der Waals surface area contributed by atoms with E-state index in [0.717, 1.165) is 6.54 Å². The lowest BCUT2D eigenvalue weighted by Crippen LogP contribution is -2.18. The lowest BCUT2D eigenvalue weighted by molar-refractivity contribution is 0.576. The Morgan fingerprint density at radius 3 is 2.35 bits per heavy atom. The number of nitrogens with zero attached hydrogens (tertiary/aromatic N) is 1. The van der Waals surface area contributed by atoms with E-state index in [0.29, 0.717) is 0 Å². The average Bonchev–Trinajstić information content (AvgIpc) is 2.78. The van der Waals surface area contributed by atoms with Crippen LogP contribution in [0.1, 0.15) is 58.3 Å². The molecule has 20 heavy (non-hydrogen) atoms. The predicted molar refractivity (Wildman–Crippen MR) is 91.4 cm³/mol. The van der Waals surface area contributed by atoms with Crippen molar-refractivity contribution in [3.63, 3.8) is 0 Å². The molecule has 1 nitrogen and oxygen atoms in total. The minimum Gasteiger partial charge on any atom is -0.336 e. The Labute approximate surface area is 128 Å². The van der Waals surface area contributed by atoms with E-state index in [-0.39, 0.29) is 0 Å². The van der Waals surface area contributed by atoms with E-state index in [1.165, 1.54) is 67.0 Å². The first kappa shape index (κ1) is 15.5. The first-order chi connectivity index (χ1) is 9.83. The van der Waals surface area contributed by atoms with Gasteiger partial charge in [-0.3, -0.25) is 0 Å². The second-order valence-electron chi connectivity index (χ2n) is 5.59. The number of hydrogen-bond donors (Lipinski definition) is 0. The van der Waals surface area contributed by atoms with Crippen LogP contribution in [0.25, 0.3) is 0 Å². The lowest BCUT2D eigenvalue weighted by atomic mass is 10.1. The van der Waals surface area contributed by atoms with Crippen molar-refractivity contribution in [3.8, 4) is 0 Å². The zero-order valence-corrected chi connectivity index (χ0v) is 13.6. The number of unbranched alkanes of at least 4 members (excludes halogenated alkanes) is 7. The Morgan fingerprint density at radius 2 is 1.60 bits per heavy atom. The van der Waals surface area contributed by atoms with Crippen LogP contribution < -0.4 is 4.90 Å². The van der Waals surface area contributed by atoms with E-state index < -0.39 is 0 Å². The molecule has 0 amide bonds. The third-order valence-electron chi connectivity index (χ3n) is 3.92. The highest BCUT2D eigenvalue weighted by Crippen LogP contribution is 2.44. The molecule has 0 spiro atoms. The van der Waals surface area contributed by atoms with Gasteiger partial charge < -0.3 is 4.90 Å². The lowest BCUT2D eigenvalue weighted by Gasteiger charge is -2.19. The van der Waals surface area contributed by atoms with Crippen LogP contribution in [-0.2, 0) is 0 Å². The van der Waals surface area contributed by atoms with Gasteiger partial charge in [-0.1, -0.05) is 82.3 Å². The average molecular weight is 289 g/mol. The summed E-state index contributed by atoms with van der Waals surface area (Å²) in [5.74, 6) is 0. The Hall–Kier alpha value is -0.890. The van der Waals surface area contributed by atoms with E-state index in [1.54, 1.807) is 0 Å². The molecule has 0 saturated heterocycles. The fraction of sp³-hybridized carbons (Fsp3) is 0.556. The fourth-order valence-corrected chi connectivity index (χ4v) is 3.71. The third-order valence-corrected chi connectivity index (χ3v) is 4.94. The van der Waals surface area contributed by atoms with E-state index in [4.69, 9.17) is 0 Å². The molecular weight excluding hydrogens is 262 g/mol. The summed E-state index contributed by atoms with van der Waals surface area (Å²) >= 11 is 1.81. The van der Waals surface area contributed by atoms with E-state index >= 15 is 0 Å². The summed E-state index contributed by atoms with van der Waals surface area (Å²) in [5.41, 5.74) is 1.35. The standard InChI is InChI=1S/C18H27NS/c1-3-4-5-6-7-8-9-12-15-19-16(2)20-18-14-11-10-13-17(18)19/h10-11,13-14H,2-9,12,15H2,1H3. The van der Waals surface area contributed by atoms with Crippen LogP contribution in [0.4, 0.5) is 5.69 Å². The summed E-state index contributed by atoms with van der Waals surface area (Å²) in [5, 5.41) is 1.19. The van der Waals surface area contributed by atoms with Crippen molar-refractivity contribution in [1.29, 1.82) is 0 Å². The Balaban J connectivity index is 1.64. The number of para-hydroxylation sites is 1. The summed E-state index contributed by atoms with van der Waals surface area (Å²) in [7, 11) is 0. The third kappa shape index (κ3) is 4.31. The molecule has 1 aliphatic heterocycles. The van der Waals surface area contributed by atoms with Crippen LogP contribution in [0.2, 0.25) is 0 Å². The molecule has 0 atom stereocenters. The first-order valence-corrected chi connectivity index (χ1v) is 8.88. The number of anilines is 1. The molecule has 0 aromatic heterocycles. The molecular formula is C18H27NS. The van der Waals surface area contributed by atoms with Gasteiger partial charge in [0, 0.05) is 11.4 Å². The molecule has 1 aliphatic rings. The SMILES string of the molecule is C=C1Sc2ccccc2N1CCCCCCCCCC. The summed E-state index contributed by atoms with van der Waals surface area (Å²) in [6.45, 7) is 7.59. The van der Waals surface area contributed by atoms with Crippen LogP contribution in [0.15, 0.2) is 40.8 Å². The summed E-state index contributed by atoms with van der Waals surface area (Å²) < 4.78 is 0. The molecule has 1 aromatic rings. The number of thioether (sulfide) groups is 1. The van der Waals surface area contributed by atoms with Crippen molar-refractivity contribution in [2.45, 2.75) is 63.2 Å². The molecule has 2 rings (SSSR count). The van der Waals surface area contributed by atoms with Crippen molar-refractivity contribution in [3.05, 3.63) is 35.9 Å². The van der Waals surface area contributed by atoms with E-state index in [1.807, 2.05) is 11.8 Å². The van der Waals surface area contributed by atoms with Crippen LogP contribution in [0, 0.1) is 0 Å². The number of hydrogen-bond acceptors (Lipinski definition) is 2. The van der Waals surface area contributed by atoms with E-state index in [2.05, 4.69) is 42.7 Å². The molecule has 110 valence electrons. The van der Waals surface area contributed by atoms with Gasteiger partial charge in [-0.2, -0.15) is 0 Å². The summed E-state index contributed by atoms with van der Waals surface area (Å²) in [4.78, 5) is 3.74. The quantitative estimate of drug-likeness (QED) is 0.497. The maximum Gasteiger partial charge on any atom is 0.0728 e. The zero-order valence-electron chi connectivity index (χ0n) is 12.7. The van der Waals surface area contributed by atoms with Crippen molar-refractivity contribution in [1.82, 2.24) is 0 Å². The summed E-state index contributed by atoms with van der Waals surface area (Å²) in [6.07, 6.45) is 11.0. The van der Waals surface area contributed by atoms with Gasteiger partial charge in [-0.15, -0.1) is 0 Å². The van der Waals surface area contributed by atoms with Crippen molar-refractivity contribution in [2.75, 3.05) is 11.4 Å². The van der Waals surface area contributed by atoms with Crippen molar-refractivity contribution < 1.29 is 0 Å². The van der Waals surface area contributed by atoms with E-state index in [9.17, 15) is 0 Å². The molecule has 0 bridgehead atoms. The second kappa shape index (κ2) is 8.41. The Morgan fingerprint density at radius 1 is 0.950 bits per heavy atom.